The summed E-state index contributed by atoms with van der Waals surface area (Å²) in [6, 6.07) is 6.80. The third-order valence-electron chi connectivity index (χ3n) is 5.10. The number of halogens is 1. The highest BCUT2D eigenvalue weighted by atomic mass is 19.1. The van der Waals surface area contributed by atoms with Crippen LogP contribution in [0.1, 0.15) is 33.1 Å². The zero-order valence-electron chi connectivity index (χ0n) is 16.0. The largest absolute Gasteiger partial charge is 0.489 e. The molecule has 2 aliphatic rings. The molecule has 5 nitrogen and oxygen atoms in total. The summed E-state index contributed by atoms with van der Waals surface area (Å²) in [5.41, 5.74) is 0. The molecule has 0 saturated carbocycles. The van der Waals surface area contributed by atoms with E-state index in [0.29, 0.717) is 18.3 Å². The van der Waals surface area contributed by atoms with Crippen LogP contribution in [0.5, 0.6) is 5.75 Å². The van der Waals surface area contributed by atoms with Gasteiger partial charge in [-0.3, -0.25) is 4.90 Å². The summed E-state index contributed by atoms with van der Waals surface area (Å²) >= 11 is 0. The summed E-state index contributed by atoms with van der Waals surface area (Å²) in [6.07, 6.45) is 3.82. The molecular formula is C20H31FN4O. The molecule has 0 amide bonds. The minimum absolute atomic E-state index is 0.0638. The molecule has 0 spiro atoms. The van der Waals surface area contributed by atoms with Gasteiger partial charge in [0, 0.05) is 25.7 Å². The number of nitrogens with one attached hydrogen (secondary N) is 1. The summed E-state index contributed by atoms with van der Waals surface area (Å²) < 4.78 is 18.8. The Morgan fingerprint density at radius 2 is 2.00 bits per heavy atom. The Morgan fingerprint density at radius 1 is 1.27 bits per heavy atom. The molecule has 0 radical (unpaired) electrons. The first kappa shape index (κ1) is 19.0. The fourth-order valence-corrected chi connectivity index (χ4v) is 3.76. The quantitative estimate of drug-likeness (QED) is 0.624. The molecule has 26 heavy (non-hydrogen) atoms. The van der Waals surface area contributed by atoms with E-state index >= 15 is 0 Å². The van der Waals surface area contributed by atoms with E-state index in [-0.39, 0.29) is 11.9 Å². The number of aliphatic imine (C=N–C) groups is 1. The zero-order chi connectivity index (χ0) is 18.4. The molecule has 2 fully saturated rings. The van der Waals surface area contributed by atoms with E-state index in [1.54, 1.807) is 12.1 Å². The van der Waals surface area contributed by atoms with Crippen LogP contribution in [0.25, 0.3) is 0 Å². The van der Waals surface area contributed by atoms with E-state index in [1.807, 2.05) is 6.92 Å². The number of likely N-dealkylation sites (tertiary alicyclic amines) is 2. The second-order valence-corrected chi connectivity index (χ2v) is 7.21. The molecule has 0 bridgehead atoms. The van der Waals surface area contributed by atoms with Crippen molar-refractivity contribution in [2.45, 2.75) is 45.3 Å². The van der Waals surface area contributed by atoms with E-state index in [0.717, 1.165) is 25.6 Å². The Balaban J connectivity index is 1.53. The van der Waals surface area contributed by atoms with Crippen molar-refractivity contribution in [3.8, 4) is 5.75 Å². The van der Waals surface area contributed by atoms with Gasteiger partial charge in [0.15, 0.2) is 5.96 Å². The van der Waals surface area contributed by atoms with E-state index in [1.165, 1.54) is 44.5 Å². The SMILES string of the molecule is CCNC(=NCC(C)Oc1ccc(F)cc1)N1CCC(N2CCCC2)C1. The normalized spacial score (nSPS) is 22.7. The van der Waals surface area contributed by atoms with Gasteiger partial charge in [-0.2, -0.15) is 0 Å². The van der Waals surface area contributed by atoms with Gasteiger partial charge in [-0.15, -0.1) is 0 Å². The molecule has 144 valence electrons. The lowest BCUT2D eigenvalue weighted by Crippen LogP contribution is -2.43. The average molecular weight is 362 g/mol. The average Bonchev–Trinajstić information content (AvgIpc) is 3.32. The molecule has 2 saturated heterocycles. The van der Waals surface area contributed by atoms with Gasteiger partial charge in [-0.25, -0.2) is 9.38 Å². The van der Waals surface area contributed by atoms with Gasteiger partial charge in [0.1, 0.15) is 17.7 Å². The van der Waals surface area contributed by atoms with Gasteiger partial charge in [-0.05, 0) is 70.5 Å². The maximum Gasteiger partial charge on any atom is 0.194 e. The van der Waals surface area contributed by atoms with Gasteiger partial charge < -0.3 is 15.0 Å². The topological polar surface area (TPSA) is 40.1 Å². The number of ether oxygens (including phenoxy) is 1. The van der Waals surface area contributed by atoms with Crippen LogP contribution in [0.4, 0.5) is 4.39 Å². The van der Waals surface area contributed by atoms with Crippen LogP contribution >= 0.6 is 0 Å². The van der Waals surface area contributed by atoms with Gasteiger partial charge in [0.25, 0.3) is 0 Å². The highest BCUT2D eigenvalue weighted by Gasteiger charge is 2.30. The smallest absolute Gasteiger partial charge is 0.194 e. The lowest BCUT2D eigenvalue weighted by molar-refractivity contribution is 0.229. The Labute approximate surface area is 156 Å². The summed E-state index contributed by atoms with van der Waals surface area (Å²) in [6.45, 7) is 10.1. The maximum atomic E-state index is 13.0. The van der Waals surface area contributed by atoms with Crippen LogP contribution in [0.2, 0.25) is 0 Å². The summed E-state index contributed by atoms with van der Waals surface area (Å²) in [7, 11) is 0. The van der Waals surface area contributed by atoms with E-state index in [9.17, 15) is 4.39 Å². The number of hydrogen-bond donors (Lipinski definition) is 1. The van der Waals surface area contributed by atoms with Crippen molar-refractivity contribution in [3.63, 3.8) is 0 Å². The van der Waals surface area contributed by atoms with Crippen molar-refractivity contribution in [1.82, 2.24) is 15.1 Å². The maximum absolute atomic E-state index is 13.0. The van der Waals surface area contributed by atoms with Crippen molar-refractivity contribution < 1.29 is 9.13 Å². The molecule has 0 aliphatic carbocycles. The van der Waals surface area contributed by atoms with Crippen LogP contribution in [0.15, 0.2) is 29.3 Å². The predicted molar refractivity (Wildman–Crippen MR) is 103 cm³/mol. The first-order chi connectivity index (χ1) is 12.7. The van der Waals surface area contributed by atoms with Gasteiger partial charge in [0.05, 0.1) is 6.54 Å². The first-order valence-corrected chi connectivity index (χ1v) is 9.85. The highest BCUT2D eigenvalue weighted by Crippen LogP contribution is 2.20. The molecule has 2 atom stereocenters. The van der Waals surface area contributed by atoms with Gasteiger partial charge >= 0.3 is 0 Å². The van der Waals surface area contributed by atoms with Crippen LogP contribution in [0.3, 0.4) is 0 Å². The molecule has 2 heterocycles. The standard InChI is InChI=1S/C20H31FN4O/c1-3-22-20(25-13-10-18(15-25)24-11-4-5-12-24)23-14-16(2)26-19-8-6-17(21)7-9-19/h6-9,16,18H,3-5,10-15H2,1-2H3,(H,22,23). The molecule has 0 aromatic heterocycles. The second-order valence-electron chi connectivity index (χ2n) is 7.21. The monoisotopic (exact) mass is 362 g/mol. The van der Waals surface area contributed by atoms with Crippen molar-refractivity contribution in [2.75, 3.05) is 39.3 Å². The second kappa shape index (κ2) is 9.21. The number of hydrogen-bond acceptors (Lipinski definition) is 3. The summed E-state index contributed by atoms with van der Waals surface area (Å²) in [5, 5.41) is 3.41. The lowest BCUT2D eigenvalue weighted by atomic mass is 10.2. The van der Waals surface area contributed by atoms with E-state index in [2.05, 4.69) is 22.0 Å². The summed E-state index contributed by atoms with van der Waals surface area (Å²) in [5.74, 6) is 1.40. The number of rotatable bonds is 6. The van der Waals surface area contributed by atoms with Gasteiger partial charge in [0.2, 0.25) is 0 Å². The molecule has 2 unspecified atom stereocenters. The van der Waals surface area contributed by atoms with Crippen molar-refractivity contribution in [3.05, 3.63) is 30.1 Å². The van der Waals surface area contributed by atoms with Crippen molar-refractivity contribution >= 4 is 5.96 Å². The van der Waals surface area contributed by atoms with Crippen LogP contribution < -0.4 is 10.1 Å². The van der Waals surface area contributed by atoms with Gasteiger partial charge in [-0.1, -0.05) is 0 Å². The first-order valence-electron chi connectivity index (χ1n) is 9.85. The van der Waals surface area contributed by atoms with Crippen LogP contribution in [-0.2, 0) is 0 Å². The Kier molecular flexibility index (Phi) is 6.72. The third kappa shape index (κ3) is 5.10. The minimum Gasteiger partial charge on any atom is -0.489 e. The highest BCUT2D eigenvalue weighted by molar-refractivity contribution is 5.80. The molecule has 1 N–H and O–H groups in total. The van der Waals surface area contributed by atoms with Crippen LogP contribution in [0, 0.1) is 5.82 Å². The van der Waals surface area contributed by atoms with Crippen molar-refractivity contribution in [2.24, 2.45) is 4.99 Å². The number of guanidine groups is 1. The minimum atomic E-state index is -0.251. The molecule has 6 heteroatoms. The summed E-state index contributed by atoms with van der Waals surface area (Å²) in [4.78, 5) is 9.78. The predicted octanol–water partition coefficient (Wildman–Crippen LogP) is 2.73. The number of benzene rings is 1. The van der Waals surface area contributed by atoms with E-state index in [4.69, 9.17) is 9.73 Å². The number of nitrogens with zero attached hydrogens (tertiary/aromatic N) is 3. The van der Waals surface area contributed by atoms with E-state index < -0.39 is 0 Å². The molecule has 1 aromatic rings. The van der Waals surface area contributed by atoms with Crippen LogP contribution in [-0.4, -0.2) is 67.2 Å². The third-order valence-corrected chi connectivity index (χ3v) is 5.10. The Hall–Kier alpha value is -1.82. The lowest BCUT2D eigenvalue weighted by Gasteiger charge is -2.25. The molecule has 2 aliphatic heterocycles. The fraction of sp³-hybridized carbons (Fsp3) is 0.650. The molecular weight excluding hydrogens is 331 g/mol. The Morgan fingerprint density at radius 3 is 2.69 bits per heavy atom. The zero-order valence-corrected chi connectivity index (χ0v) is 16.0. The molecule has 3 rings (SSSR count). The Bertz CT molecular complexity index is 586. The van der Waals surface area contributed by atoms with Crippen molar-refractivity contribution in [1.29, 1.82) is 0 Å². The fourth-order valence-electron chi connectivity index (χ4n) is 3.76. The molecule has 1 aromatic carbocycles.